The summed E-state index contributed by atoms with van der Waals surface area (Å²) in [5, 5.41) is 0. The van der Waals surface area contributed by atoms with Crippen LogP contribution >= 0.6 is 0 Å². The van der Waals surface area contributed by atoms with E-state index in [1.54, 1.807) is 0 Å². The van der Waals surface area contributed by atoms with Crippen molar-refractivity contribution in [3.05, 3.63) is 62.1 Å². The predicted octanol–water partition coefficient (Wildman–Crippen LogP) is 2.92. The molecule has 0 N–H and O–H groups in total. The van der Waals surface area contributed by atoms with Crippen molar-refractivity contribution in [2.45, 2.75) is 0 Å². The number of hydrogen-bond donors (Lipinski definition) is 0. The second-order valence-electron chi connectivity index (χ2n) is 3.07. The predicted molar refractivity (Wildman–Crippen MR) is 62.5 cm³/mol. The molecule has 0 aliphatic rings. The van der Waals surface area contributed by atoms with Crippen LogP contribution in [0.5, 0.6) is 0 Å². The van der Waals surface area contributed by atoms with Crippen LogP contribution in [0.2, 0.25) is 0 Å². The molecule has 0 saturated heterocycles. The van der Waals surface area contributed by atoms with Crippen LogP contribution in [-0.2, 0) is 0 Å². The smallest absolute Gasteiger partial charge is 0.0372 e. The normalized spacial score (nSPS) is 9.50. The zero-order valence-electron chi connectivity index (χ0n) is 8.32. The average Bonchev–Trinajstić information content (AvgIpc) is 2.19. The summed E-state index contributed by atoms with van der Waals surface area (Å²) >= 11 is 0. The minimum atomic E-state index is 0.783. The van der Waals surface area contributed by atoms with E-state index in [1.165, 1.54) is 0 Å². The standard InChI is InChI=1S/C13H15N/c1-4-10-14(11-5-2)13-8-6-12(3)7-9-13/h3-9H,1-2,10-11H2. The van der Waals surface area contributed by atoms with E-state index < -0.39 is 0 Å². The van der Waals surface area contributed by atoms with Gasteiger partial charge in [0.2, 0.25) is 0 Å². The van der Waals surface area contributed by atoms with E-state index in [2.05, 4.69) is 18.1 Å². The fraction of sp³-hybridized carbons (Fsp3) is 0.154. The largest absolute Gasteiger partial charge is 0.364 e. The molecule has 0 heterocycles. The first-order valence-electron chi connectivity index (χ1n) is 4.60. The summed E-state index contributed by atoms with van der Waals surface area (Å²) in [5.74, 6) is 0. The molecular formula is C13H15N. The van der Waals surface area contributed by atoms with Crippen LogP contribution in [0.4, 0.5) is 5.69 Å². The minimum absolute atomic E-state index is 0.783. The Balaban J connectivity index is 2.80. The molecule has 1 aromatic carbocycles. The van der Waals surface area contributed by atoms with Gasteiger partial charge in [0.05, 0.1) is 0 Å². The van der Waals surface area contributed by atoms with Gasteiger partial charge >= 0.3 is 0 Å². The molecule has 0 amide bonds. The van der Waals surface area contributed by atoms with E-state index in [0.29, 0.717) is 0 Å². The van der Waals surface area contributed by atoms with Gasteiger partial charge in [-0.25, -0.2) is 0 Å². The van der Waals surface area contributed by atoms with Crippen molar-refractivity contribution in [2.24, 2.45) is 0 Å². The van der Waals surface area contributed by atoms with Gasteiger partial charge in [-0.2, -0.15) is 0 Å². The minimum Gasteiger partial charge on any atom is -0.364 e. The lowest BCUT2D eigenvalue weighted by atomic mass is 10.2. The van der Waals surface area contributed by atoms with Gasteiger partial charge in [-0.15, -0.1) is 13.2 Å². The highest BCUT2D eigenvalue weighted by molar-refractivity contribution is 5.49. The molecule has 0 aliphatic carbocycles. The van der Waals surface area contributed by atoms with E-state index in [-0.39, 0.29) is 0 Å². The third kappa shape index (κ3) is 2.77. The fourth-order valence-corrected chi connectivity index (χ4v) is 1.28. The van der Waals surface area contributed by atoms with Gasteiger partial charge in [0.25, 0.3) is 0 Å². The average molecular weight is 185 g/mol. The number of benzene rings is 1. The topological polar surface area (TPSA) is 3.24 Å². The first-order valence-corrected chi connectivity index (χ1v) is 4.60. The van der Waals surface area contributed by atoms with E-state index in [0.717, 1.165) is 24.3 Å². The van der Waals surface area contributed by atoms with Crippen molar-refractivity contribution in [1.82, 2.24) is 0 Å². The summed E-state index contributed by atoms with van der Waals surface area (Å²) in [5.41, 5.74) is 1.92. The molecule has 1 nitrogen and oxygen atoms in total. The molecule has 1 rings (SSSR count). The summed E-state index contributed by atoms with van der Waals surface area (Å²) in [6, 6.07) is 7.80. The van der Waals surface area contributed by atoms with Gasteiger partial charge < -0.3 is 4.90 Å². The van der Waals surface area contributed by atoms with Gasteiger partial charge in [0.1, 0.15) is 0 Å². The van der Waals surface area contributed by atoms with Crippen molar-refractivity contribution in [2.75, 3.05) is 18.0 Å². The van der Waals surface area contributed by atoms with Gasteiger partial charge in [-0.3, -0.25) is 0 Å². The number of hydrogen-bond acceptors (Lipinski definition) is 1. The van der Waals surface area contributed by atoms with E-state index in [1.807, 2.05) is 36.4 Å². The highest BCUT2D eigenvalue weighted by atomic mass is 15.1. The molecule has 0 bridgehead atoms. The Morgan fingerprint density at radius 2 is 1.57 bits per heavy atom. The fourth-order valence-electron chi connectivity index (χ4n) is 1.28. The van der Waals surface area contributed by atoms with Crippen molar-refractivity contribution >= 4 is 5.69 Å². The third-order valence-corrected chi connectivity index (χ3v) is 1.96. The highest BCUT2D eigenvalue weighted by Gasteiger charge is 2.00. The Kier molecular flexibility index (Phi) is 3.99. The molecule has 0 aliphatic heterocycles. The molecule has 1 aromatic rings. The summed E-state index contributed by atoms with van der Waals surface area (Å²) in [4.78, 5) is 2.17. The molecule has 0 aromatic heterocycles. The Morgan fingerprint density at radius 1 is 1.07 bits per heavy atom. The molecule has 72 valence electrons. The molecular weight excluding hydrogens is 170 g/mol. The van der Waals surface area contributed by atoms with Gasteiger partial charge in [0.15, 0.2) is 0 Å². The third-order valence-electron chi connectivity index (χ3n) is 1.96. The molecule has 0 atom stereocenters. The highest BCUT2D eigenvalue weighted by Crippen LogP contribution is 2.14. The second-order valence-corrected chi connectivity index (χ2v) is 3.07. The van der Waals surface area contributed by atoms with E-state index in [4.69, 9.17) is 6.92 Å². The second kappa shape index (κ2) is 5.28. The molecule has 0 unspecified atom stereocenters. The maximum atomic E-state index is 5.62. The number of rotatable bonds is 5. The molecule has 0 fully saturated rings. The maximum Gasteiger partial charge on any atom is 0.0372 e. The van der Waals surface area contributed by atoms with Crippen LogP contribution in [0.25, 0.3) is 0 Å². The van der Waals surface area contributed by atoms with Crippen LogP contribution < -0.4 is 4.90 Å². The lowest BCUT2D eigenvalue weighted by molar-refractivity contribution is 0.957. The Bertz CT molecular complexity index is 288. The molecule has 0 saturated carbocycles. The van der Waals surface area contributed by atoms with Crippen LogP contribution in [0.3, 0.4) is 0 Å². The van der Waals surface area contributed by atoms with Crippen molar-refractivity contribution in [1.29, 1.82) is 0 Å². The zero-order chi connectivity index (χ0) is 10.4. The molecule has 14 heavy (non-hydrogen) atoms. The maximum absolute atomic E-state index is 5.62. The van der Waals surface area contributed by atoms with Crippen molar-refractivity contribution in [3.8, 4) is 0 Å². The summed E-state index contributed by atoms with van der Waals surface area (Å²) in [6.07, 6.45) is 3.75. The Hall–Kier alpha value is -1.50. The van der Waals surface area contributed by atoms with Gasteiger partial charge in [0, 0.05) is 18.8 Å². The monoisotopic (exact) mass is 185 g/mol. The summed E-state index contributed by atoms with van der Waals surface area (Å²) in [6.45, 7) is 14.7. The van der Waals surface area contributed by atoms with Crippen molar-refractivity contribution < 1.29 is 0 Å². The Labute approximate surface area is 86.4 Å². The zero-order valence-corrected chi connectivity index (χ0v) is 8.32. The quantitative estimate of drug-likeness (QED) is 0.637. The first-order chi connectivity index (χ1) is 6.77. The summed E-state index contributed by atoms with van der Waals surface area (Å²) in [7, 11) is 0. The number of nitrogens with zero attached hydrogens (tertiary/aromatic N) is 1. The van der Waals surface area contributed by atoms with Crippen LogP contribution in [0, 0.1) is 6.92 Å². The van der Waals surface area contributed by atoms with Gasteiger partial charge in [-0.05, 0) is 24.6 Å². The van der Waals surface area contributed by atoms with E-state index in [9.17, 15) is 0 Å². The first kappa shape index (κ1) is 10.6. The summed E-state index contributed by atoms with van der Waals surface area (Å²) < 4.78 is 0. The SMILES string of the molecule is [CH]c1ccc(N(CC=C)CC=C)cc1. The lowest BCUT2D eigenvalue weighted by Gasteiger charge is -2.21. The Morgan fingerprint density at radius 3 is 2.00 bits per heavy atom. The van der Waals surface area contributed by atoms with Gasteiger partial charge in [-0.1, -0.05) is 24.3 Å². The molecule has 0 spiro atoms. The lowest BCUT2D eigenvalue weighted by Crippen LogP contribution is -2.22. The molecule has 2 radical (unpaired) electrons. The van der Waals surface area contributed by atoms with Crippen LogP contribution in [0.15, 0.2) is 49.6 Å². The van der Waals surface area contributed by atoms with Crippen LogP contribution in [-0.4, -0.2) is 13.1 Å². The van der Waals surface area contributed by atoms with E-state index >= 15 is 0 Å². The van der Waals surface area contributed by atoms with Crippen LogP contribution in [0.1, 0.15) is 5.56 Å². The number of anilines is 1. The molecule has 1 heteroatoms. The van der Waals surface area contributed by atoms with Crippen molar-refractivity contribution in [3.63, 3.8) is 0 Å².